The summed E-state index contributed by atoms with van der Waals surface area (Å²) in [6.07, 6.45) is 4.72. The molecule has 6 heteroatoms. The molecule has 0 aliphatic carbocycles. The maximum atomic E-state index is 12.7. The number of carbonyl (C=O) groups is 2. The number of nitrogens with one attached hydrogen (secondary N) is 1. The van der Waals surface area contributed by atoms with Gasteiger partial charge in [-0.2, -0.15) is 0 Å². The van der Waals surface area contributed by atoms with E-state index in [9.17, 15) is 9.59 Å². The molecule has 0 unspecified atom stereocenters. The molecule has 140 valence electrons. The van der Waals surface area contributed by atoms with Crippen LogP contribution in [0.15, 0.2) is 18.2 Å². The van der Waals surface area contributed by atoms with Gasteiger partial charge in [-0.15, -0.1) is 0 Å². The fourth-order valence-corrected chi connectivity index (χ4v) is 4.47. The van der Waals surface area contributed by atoms with Gasteiger partial charge >= 0.3 is 0 Å². The van der Waals surface area contributed by atoms with Gasteiger partial charge in [0.15, 0.2) is 0 Å². The number of benzene rings is 1. The van der Waals surface area contributed by atoms with E-state index in [2.05, 4.69) is 23.5 Å². The quantitative estimate of drug-likeness (QED) is 0.855. The third kappa shape index (κ3) is 3.56. The number of fused-ring (bicyclic) bond motifs is 1. The summed E-state index contributed by atoms with van der Waals surface area (Å²) in [7, 11) is 0. The van der Waals surface area contributed by atoms with Gasteiger partial charge in [0.2, 0.25) is 11.8 Å². The van der Waals surface area contributed by atoms with E-state index in [1.807, 2.05) is 4.90 Å². The molecule has 2 atom stereocenters. The standard InChI is InChI=1S/C20H27N3O3/c21-20(25)18-4-3-17(26-18)15-6-9-23(10-7-15)19(24)12-13-1-2-14-5-8-22-16(14)11-13/h1-2,11,15,17-18,22H,3-10,12H2,(H2,21,25)/t17-,18+/m0/s1. The van der Waals surface area contributed by atoms with Crippen molar-refractivity contribution >= 4 is 17.5 Å². The molecule has 3 heterocycles. The number of likely N-dealkylation sites (tertiary alicyclic amines) is 1. The van der Waals surface area contributed by atoms with Gasteiger partial charge in [-0.3, -0.25) is 9.59 Å². The Bertz CT molecular complexity index is 698. The number of piperidine rings is 1. The number of anilines is 1. The van der Waals surface area contributed by atoms with Crippen molar-refractivity contribution in [3.63, 3.8) is 0 Å². The van der Waals surface area contributed by atoms with Crippen LogP contribution in [0.4, 0.5) is 5.69 Å². The number of amides is 2. The number of rotatable bonds is 4. The van der Waals surface area contributed by atoms with Gasteiger partial charge in [-0.1, -0.05) is 12.1 Å². The molecular formula is C20H27N3O3. The van der Waals surface area contributed by atoms with E-state index in [0.29, 0.717) is 12.3 Å². The molecule has 1 aromatic rings. The molecule has 2 fully saturated rings. The first kappa shape index (κ1) is 17.3. The number of hydrogen-bond acceptors (Lipinski definition) is 4. The maximum absolute atomic E-state index is 12.7. The van der Waals surface area contributed by atoms with E-state index in [-0.39, 0.29) is 17.9 Å². The van der Waals surface area contributed by atoms with Crippen molar-refractivity contribution in [1.82, 2.24) is 4.90 Å². The Morgan fingerprint density at radius 3 is 2.73 bits per heavy atom. The van der Waals surface area contributed by atoms with Crippen LogP contribution in [0, 0.1) is 5.92 Å². The van der Waals surface area contributed by atoms with Crippen molar-refractivity contribution in [2.45, 2.75) is 50.7 Å². The van der Waals surface area contributed by atoms with E-state index in [0.717, 1.165) is 57.3 Å². The first-order chi connectivity index (χ1) is 12.6. The van der Waals surface area contributed by atoms with Gasteiger partial charge in [0, 0.05) is 25.3 Å². The molecule has 0 radical (unpaired) electrons. The van der Waals surface area contributed by atoms with E-state index >= 15 is 0 Å². The zero-order valence-electron chi connectivity index (χ0n) is 15.1. The molecule has 6 nitrogen and oxygen atoms in total. The summed E-state index contributed by atoms with van der Waals surface area (Å²) in [6, 6.07) is 6.33. The summed E-state index contributed by atoms with van der Waals surface area (Å²) in [5.41, 5.74) is 8.93. The third-order valence-corrected chi connectivity index (χ3v) is 6.03. The van der Waals surface area contributed by atoms with Crippen LogP contribution >= 0.6 is 0 Å². The van der Waals surface area contributed by atoms with Crippen LogP contribution in [-0.2, 0) is 27.2 Å². The third-order valence-electron chi connectivity index (χ3n) is 6.03. The largest absolute Gasteiger partial charge is 0.384 e. The van der Waals surface area contributed by atoms with Gasteiger partial charge in [0.25, 0.3) is 0 Å². The van der Waals surface area contributed by atoms with E-state index in [1.165, 1.54) is 11.3 Å². The Morgan fingerprint density at radius 1 is 1.19 bits per heavy atom. The average Bonchev–Trinajstić information content (AvgIpc) is 3.31. The van der Waals surface area contributed by atoms with Crippen LogP contribution < -0.4 is 11.1 Å². The molecule has 4 rings (SSSR count). The van der Waals surface area contributed by atoms with Crippen LogP contribution in [0.25, 0.3) is 0 Å². The smallest absolute Gasteiger partial charge is 0.246 e. The lowest BCUT2D eigenvalue weighted by atomic mass is 9.89. The molecule has 2 amide bonds. The first-order valence-corrected chi connectivity index (χ1v) is 9.68. The van der Waals surface area contributed by atoms with Crippen molar-refractivity contribution in [2.75, 3.05) is 25.0 Å². The molecule has 0 aromatic heterocycles. The van der Waals surface area contributed by atoms with Gasteiger partial charge < -0.3 is 20.7 Å². The topological polar surface area (TPSA) is 84.7 Å². The van der Waals surface area contributed by atoms with Gasteiger partial charge in [0.1, 0.15) is 6.10 Å². The fraction of sp³-hybridized carbons (Fsp3) is 0.600. The maximum Gasteiger partial charge on any atom is 0.246 e. The molecule has 1 aromatic carbocycles. The second-order valence-corrected chi connectivity index (χ2v) is 7.71. The molecule has 26 heavy (non-hydrogen) atoms. The van der Waals surface area contributed by atoms with Crippen molar-refractivity contribution in [3.05, 3.63) is 29.3 Å². The minimum atomic E-state index is -0.423. The van der Waals surface area contributed by atoms with Crippen molar-refractivity contribution in [1.29, 1.82) is 0 Å². The number of nitrogens with two attached hydrogens (primary N) is 1. The summed E-state index contributed by atoms with van der Waals surface area (Å²) in [6.45, 7) is 2.53. The van der Waals surface area contributed by atoms with Crippen LogP contribution in [0.1, 0.15) is 36.8 Å². The van der Waals surface area contributed by atoms with Gasteiger partial charge in [0.05, 0.1) is 12.5 Å². The molecule has 0 bridgehead atoms. The second-order valence-electron chi connectivity index (χ2n) is 7.71. The van der Waals surface area contributed by atoms with Crippen LogP contribution in [0.2, 0.25) is 0 Å². The van der Waals surface area contributed by atoms with E-state index < -0.39 is 6.10 Å². The molecular weight excluding hydrogens is 330 g/mol. The number of nitrogens with zero attached hydrogens (tertiary/aromatic N) is 1. The Hall–Kier alpha value is -2.08. The molecule has 0 spiro atoms. The lowest BCUT2D eigenvalue weighted by Crippen LogP contribution is -2.42. The molecule has 3 aliphatic rings. The lowest BCUT2D eigenvalue weighted by molar-refractivity contribution is -0.133. The van der Waals surface area contributed by atoms with E-state index in [1.54, 1.807) is 0 Å². The SMILES string of the molecule is NC(=O)[C@H]1CC[C@@H](C2CCN(C(=O)Cc3ccc4c(c3)NCC4)CC2)O1. The highest BCUT2D eigenvalue weighted by molar-refractivity contribution is 5.80. The van der Waals surface area contributed by atoms with Crippen LogP contribution in [0.5, 0.6) is 0 Å². The second kappa shape index (κ2) is 7.27. The highest BCUT2D eigenvalue weighted by Crippen LogP contribution is 2.32. The Balaban J connectivity index is 1.28. The first-order valence-electron chi connectivity index (χ1n) is 9.68. The number of ether oxygens (including phenoxy) is 1. The van der Waals surface area contributed by atoms with Gasteiger partial charge in [-0.25, -0.2) is 0 Å². The summed E-state index contributed by atoms with van der Waals surface area (Å²) < 4.78 is 5.81. The van der Waals surface area contributed by atoms with Crippen molar-refractivity contribution < 1.29 is 14.3 Å². The monoisotopic (exact) mass is 357 g/mol. The zero-order valence-corrected chi connectivity index (χ0v) is 15.1. The highest BCUT2D eigenvalue weighted by atomic mass is 16.5. The predicted molar refractivity (Wildman–Crippen MR) is 98.7 cm³/mol. The fourth-order valence-electron chi connectivity index (χ4n) is 4.47. The number of hydrogen-bond donors (Lipinski definition) is 2. The van der Waals surface area contributed by atoms with Crippen LogP contribution in [-0.4, -0.2) is 48.6 Å². The number of primary amides is 1. The Labute approximate surface area is 154 Å². The Kier molecular flexibility index (Phi) is 4.85. The van der Waals surface area contributed by atoms with Crippen molar-refractivity contribution in [2.24, 2.45) is 11.7 Å². The summed E-state index contributed by atoms with van der Waals surface area (Å²) in [4.78, 5) is 25.9. The zero-order chi connectivity index (χ0) is 18.1. The lowest BCUT2D eigenvalue weighted by Gasteiger charge is -2.34. The Morgan fingerprint density at radius 2 is 2.00 bits per heavy atom. The average molecular weight is 357 g/mol. The highest BCUT2D eigenvalue weighted by Gasteiger charge is 2.36. The summed E-state index contributed by atoms with van der Waals surface area (Å²) >= 11 is 0. The van der Waals surface area contributed by atoms with Crippen LogP contribution in [0.3, 0.4) is 0 Å². The minimum absolute atomic E-state index is 0.118. The van der Waals surface area contributed by atoms with Gasteiger partial charge in [-0.05, 0) is 55.2 Å². The normalized spacial score (nSPS) is 25.8. The molecule has 3 N–H and O–H groups in total. The minimum Gasteiger partial charge on any atom is -0.384 e. The molecule has 0 saturated carbocycles. The molecule has 3 aliphatic heterocycles. The van der Waals surface area contributed by atoms with Crippen molar-refractivity contribution in [3.8, 4) is 0 Å². The molecule has 2 saturated heterocycles. The summed E-state index contributed by atoms with van der Waals surface area (Å²) in [5, 5.41) is 3.37. The number of carbonyl (C=O) groups excluding carboxylic acids is 2. The van der Waals surface area contributed by atoms with E-state index in [4.69, 9.17) is 10.5 Å². The summed E-state index contributed by atoms with van der Waals surface area (Å²) in [5.74, 6) is 0.264. The predicted octanol–water partition coefficient (Wildman–Crippen LogP) is 1.47.